The number of halogens is 2. The zero-order valence-corrected chi connectivity index (χ0v) is 18.8. The fourth-order valence-corrected chi connectivity index (χ4v) is 4.81. The van der Waals surface area contributed by atoms with Gasteiger partial charge in [0.05, 0.1) is 19.3 Å². The summed E-state index contributed by atoms with van der Waals surface area (Å²) in [6.07, 6.45) is 0. The average molecular weight is 462 g/mol. The van der Waals surface area contributed by atoms with E-state index in [0.29, 0.717) is 28.7 Å². The molecule has 0 N–H and O–H groups in total. The van der Waals surface area contributed by atoms with E-state index in [0.717, 1.165) is 41.6 Å². The van der Waals surface area contributed by atoms with Crippen molar-refractivity contribution < 1.29 is 9.53 Å². The number of nitrogens with zero attached hydrogens (tertiary/aromatic N) is 3. The van der Waals surface area contributed by atoms with E-state index >= 15 is 0 Å². The Balaban J connectivity index is 1.33. The minimum atomic E-state index is -0.0323. The number of benzene rings is 2. The lowest BCUT2D eigenvalue weighted by molar-refractivity contribution is 0.0628. The Kier molecular flexibility index (Phi) is 6.58. The third-order valence-corrected chi connectivity index (χ3v) is 6.34. The summed E-state index contributed by atoms with van der Waals surface area (Å²) in [4.78, 5) is 21.7. The van der Waals surface area contributed by atoms with Gasteiger partial charge in [-0.3, -0.25) is 9.69 Å². The lowest BCUT2D eigenvalue weighted by Crippen LogP contribution is -2.48. The third-order valence-electron chi connectivity index (χ3n) is 5.07. The second-order valence-corrected chi connectivity index (χ2v) is 8.90. The highest BCUT2D eigenvalue weighted by Crippen LogP contribution is 2.25. The normalized spacial score (nSPS) is 14.7. The van der Waals surface area contributed by atoms with Crippen LogP contribution in [0.3, 0.4) is 0 Å². The standard InChI is InChI=1S/C22H21Cl2N3O2S/c1-29-19-4-2-15(3-5-19)20-14-30-21(25-20)13-26-6-8-27(9-7-26)22(28)16-10-17(23)12-18(24)11-16/h2-5,10-12,14H,6-9,13H2,1H3. The van der Waals surface area contributed by atoms with Crippen LogP contribution in [0, 0.1) is 0 Å². The first-order valence-corrected chi connectivity index (χ1v) is 11.2. The lowest BCUT2D eigenvalue weighted by atomic mass is 10.1. The molecule has 1 fully saturated rings. The number of rotatable bonds is 5. The molecule has 0 aliphatic carbocycles. The molecule has 30 heavy (non-hydrogen) atoms. The predicted molar refractivity (Wildman–Crippen MR) is 122 cm³/mol. The summed E-state index contributed by atoms with van der Waals surface area (Å²) in [5, 5.41) is 4.10. The van der Waals surface area contributed by atoms with Gasteiger partial charge in [-0.2, -0.15) is 0 Å². The van der Waals surface area contributed by atoms with Crippen LogP contribution >= 0.6 is 34.5 Å². The molecule has 1 aromatic heterocycles. The van der Waals surface area contributed by atoms with Crippen molar-refractivity contribution in [1.82, 2.24) is 14.8 Å². The van der Waals surface area contributed by atoms with Crippen LogP contribution in [0.1, 0.15) is 15.4 Å². The average Bonchev–Trinajstić information content (AvgIpc) is 3.21. The van der Waals surface area contributed by atoms with Gasteiger partial charge in [-0.1, -0.05) is 23.2 Å². The summed E-state index contributed by atoms with van der Waals surface area (Å²) in [5.41, 5.74) is 2.59. The van der Waals surface area contributed by atoms with Crippen molar-refractivity contribution in [2.24, 2.45) is 0 Å². The fourth-order valence-electron chi connectivity index (χ4n) is 3.44. The number of aromatic nitrogens is 1. The van der Waals surface area contributed by atoms with Gasteiger partial charge in [-0.05, 0) is 42.5 Å². The van der Waals surface area contributed by atoms with Crippen molar-refractivity contribution in [1.29, 1.82) is 0 Å². The van der Waals surface area contributed by atoms with E-state index in [9.17, 15) is 4.79 Å². The summed E-state index contributed by atoms with van der Waals surface area (Å²) in [6.45, 7) is 3.72. The van der Waals surface area contributed by atoms with Gasteiger partial charge < -0.3 is 9.64 Å². The lowest BCUT2D eigenvalue weighted by Gasteiger charge is -2.34. The number of hydrogen-bond donors (Lipinski definition) is 0. The van der Waals surface area contributed by atoms with E-state index in [2.05, 4.69) is 10.3 Å². The molecule has 1 amide bonds. The quantitative estimate of drug-likeness (QED) is 0.531. The van der Waals surface area contributed by atoms with E-state index in [1.807, 2.05) is 29.2 Å². The molecule has 2 heterocycles. The van der Waals surface area contributed by atoms with Gasteiger partial charge in [0, 0.05) is 52.7 Å². The molecule has 4 rings (SSSR count). The smallest absolute Gasteiger partial charge is 0.254 e. The molecule has 2 aromatic carbocycles. The Morgan fingerprint density at radius 1 is 1.07 bits per heavy atom. The monoisotopic (exact) mass is 461 g/mol. The van der Waals surface area contributed by atoms with Gasteiger partial charge in [0.2, 0.25) is 0 Å². The number of ether oxygens (including phenoxy) is 1. The number of hydrogen-bond acceptors (Lipinski definition) is 5. The predicted octanol–water partition coefficient (Wildman–Crippen LogP) is 5.08. The number of carbonyl (C=O) groups excluding carboxylic acids is 1. The Labute approximate surface area is 189 Å². The van der Waals surface area contributed by atoms with Crippen molar-refractivity contribution in [3.8, 4) is 17.0 Å². The fraction of sp³-hybridized carbons (Fsp3) is 0.273. The van der Waals surface area contributed by atoms with Crippen molar-refractivity contribution in [3.05, 3.63) is 68.5 Å². The van der Waals surface area contributed by atoms with Crippen LogP contribution in [-0.4, -0.2) is 54.0 Å². The van der Waals surface area contributed by atoms with Crippen LogP contribution < -0.4 is 4.74 Å². The number of thiazole rings is 1. The Morgan fingerprint density at radius 3 is 2.37 bits per heavy atom. The van der Waals surface area contributed by atoms with Crippen molar-refractivity contribution >= 4 is 40.4 Å². The van der Waals surface area contributed by atoms with Gasteiger partial charge in [0.25, 0.3) is 5.91 Å². The van der Waals surface area contributed by atoms with E-state index in [1.165, 1.54) is 0 Å². The summed E-state index contributed by atoms with van der Waals surface area (Å²) >= 11 is 13.7. The van der Waals surface area contributed by atoms with Gasteiger partial charge in [0.15, 0.2) is 0 Å². The number of methoxy groups -OCH3 is 1. The molecule has 156 valence electrons. The van der Waals surface area contributed by atoms with Gasteiger partial charge in [0.1, 0.15) is 10.8 Å². The first-order valence-electron chi connectivity index (χ1n) is 9.58. The highest BCUT2D eigenvalue weighted by molar-refractivity contribution is 7.09. The Morgan fingerprint density at radius 2 is 1.73 bits per heavy atom. The molecule has 0 spiro atoms. The van der Waals surface area contributed by atoms with Crippen LogP contribution in [0.5, 0.6) is 5.75 Å². The zero-order chi connectivity index (χ0) is 21.1. The second-order valence-electron chi connectivity index (χ2n) is 7.08. The molecule has 0 bridgehead atoms. The van der Waals surface area contributed by atoms with Gasteiger partial charge in [-0.25, -0.2) is 4.98 Å². The zero-order valence-electron chi connectivity index (χ0n) is 16.5. The second kappa shape index (κ2) is 9.35. The highest BCUT2D eigenvalue weighted by Gasteiger charge is 2.23. The maximum atomic E-state index is 12.7. The number of carbonyl (C=O) groups is 1. The molecule has 1 saturated heterocycles. The van der Waals surface area contributed by atoms with Crippen LogP contribution in [0.15, 0.2) is 47.8 Å². The Hall–Kier alpha value is -2.12. The summed E-state index contributed by atoms with van der Waals surface area (Å²) in [6, 6.07) is 12.9. The summed E-state index contributed by atoms with van der Waals surface area (Å²) in [5.74, 6) is 0.803. The number of piperazine rings is 1. The molecule has 5 nitrogen and oxygen atoms in total. The topological polar surface area (TPSA) is 45.7 Å². The SMILES string of the molecule is COc1ccc(-c2csc(CN3CCN(C(=O)c4cc(Cl)cc(Cl)c4)CC3)n2)cc1. The molecule has 8 heteroatoms. The van der Waals surface area contributed by atoms with Crippen molar-refractivity contribution in [2.75, 3.05) is 33.3 Å². The molecule has 0 atom stereocenters. The third kappa shape index (κ3) is 4.95. The molecule has 0 radical (unpaired) electrons. The Bertz CT molecular complexity index is 1010. The van der Waals surface area contributed by atoms with Crippen molar-refractivity contribution in [2.45, 2.75) is 6.54 Å². The largest absolute Gasteiger partial charge is 0.497 e. The molecular formula is C22H21Cl2N3O2S. The van der Waals surface area contributed by atoms with Crippen LogP contribution in [0.2, 0.25) is 10.0 Å². The van der Waals surface area contributed by atoms with Crippen molar-refractivity contribution in [3.63, 3.8) is 0 Å². The highest BCUT2D eigenvalue weighted by atomic mass is 35.5. The molecular weight excluding hydrogens is 441 g/mol. The molecule has 1 aliphatic heterocycles. The van der Waals surface area contributed by atoms with E-state index in [1.54, 1.807) is 36.6 Å². The number of amides is 1. The molecule has 3 aromatic rings. The maximum absolute atomic E-state index is 12.7. The van der Waals surface area contributed by atoms with Crippen LogP contribution in [0.4, 0.5) is 0 Å². The van der Waals surface area contributed by atoms with E-state index in [4.69, 9.17) is 32.9 Å². The summed E-state index contributed by atoms with van der Waals surface area (Å²) < 4.78 is 5.21. The van der Waals surface area contributed by atoms with Crippen LogP contribution in [0.25, 0.3) is 11.3 Å². The van der Waals surface area contributed by atoms with E-state index < -0.39 is 0 Å². The first-order chi connectivity index (χ1) is 14.5. The van der Waals surface area contributed by atoms with E-state index in [-0.39, 0.29) is 5.91 Å². The molecule has 1 aliphatic rings. The van der Waals surface area contributed by atoms with Crippen LogP contribution in [-0.2, 0) is 6.54 Å². The van der Waals surface area contributed by atoms with Gasteiger partial charge in [-0.15, -0.1) is 11.3 Å². The maximum Gasteiger partial charge on any atom is 0.254 e. The summed E-state index contributed by atoms with van der Waals surface area (Å²) in [7, 11) is 1.66. The van der Waals surface area contributed by atoms with Gasteiger partial charge >= 0.3 is 0 Å². The minimum absolute atomic E-state index is 0.0323. The first kappa shape index (κ1) is 21.1. The molecule has 0 unspecified atom stereocenters. The molecule has 0 saturated carbocycles. The minimum Gasteiger partial charge on any atom is -0.497 e.